The number of carbonyl (C=O) groups is 3. The molecule has 1 saturated heterocycles. The Hall–Kier alpha value is -2.63. The molecule has 2 amide bonds. The Morgan fingerprint density at radius 1 is 1.22 bits per heavy atom. The number of nitrogens with one attached hydrogen (secondary N) is 1. The summed E-state index contributed by atoms with van der Waals surface area (Å²) < 4.78 is 4.96. The molecule has 1 aliphatic heterocycles. The maximum absolute atomic E-state index is 13.2. The zero-order valence-corrected chi connectivity index (χ0v) is 15.6. The summed E-state index contributed by atoms with van der Waals surface area (Å²) in [5, 5.41) is 2.71. The lowest BCUT2D eigenvalue weighted by molar-refractivity contribution is -0.145. The van der Waals surface area contributed by atoms with E-state index < -0.39 is 6.04 Å². The predicted octanol–water partition coefficient (Wildman–Crippen LogP) is 2.44. The van der Waals surface area contributed by atoms with Crippen LogP contribution in [0.25, 0.3) is 0 Å². The number of likely N-dealkylation sites (tertiary alicyclic amines) is 1. The van der Waals surface area contributed by atoms with Gasteiger partial charge in [0.25, 0.3) is 5.91 Å². The van der Waals surface area contributed by atoms with Crippen LogP contribution >= 0.6 is 0 Å². The average Bonchev–Trinajstić information content (AvgIpc) is 3.10. The Kier molecular flexibility index (Phi) is 5.94. The van der Waals surface area contributed by atoms with Crippen LogP contribution in [0.1, 0.15) is 48.0 Å². The van der Waals surface area contributed by atoms with Gasteiger partial charge in [-0.05, 0) is 49.0 Å². The number of rotatable bonds is 5. The van der Waals surface area contributed by atoms with Gasteiger partial charge in [-0.1, -0.05) is 31.6 Å². The molecule has 1 aromatic carbocycles. The standard InChI is InChI=1S/C21H26N2O4/c1-3-19(24)22-13-14-8-10-15(11-9-14)20(25)23-17-7-5-4-6-16(17)12-18(23)21(26)27-2/h3,8-11,16-18H,1,4-7,12-13H2,2H3,(H,22,24)/t16-,17-,18-/m0/s1. The fourth-order valence-corrected chi connectivity index (χ4v) is 4.27. The number of esters is 1. The quantitative estimate of drug-likeness (QED) is 0.638. The Balaban J connectivity index is 1.76. The van der Waals surface area contributed by atoms with E-state index >= 15 is 0 Å². The van der Waals surface area contributed by atoms with Gasteiger partial charge < -0.3 is 15.0 Å². The monoisotopic (exact) mass is 370 g/mol. The molecular formula is C21H26N2O4. The molecule has 0 aromatic heterocycles. The van der Waals surface area contributed by atoms with Crippen molar-refractivity contribution >= 4 is 17.8 Å². The lowest BCUT2D eigenvalue weighted by Gasteiger charge is -2.33. The van der Waals surface area contributed by atoms with Crippen LogP contribution < -0.4 is 5.32 Å². The summed E-state index contributed by atoms with van der Waals surface area (Å²) in [5.41, 5.74) is 1.44. The van der Waals surface area contributed by atoms with Crippen LogP contribution in [0.5, 0.6) is 0 Å². The normalized spacial score (nSPS) is 24.0. The Labute approximate surface area is 159 Å². The second-order valence-corrected chi connectivity index (χ2v) is 7.22. The Bertz CT molecular complexity index is 728. The van der Waals surface area contributed by atoms with E-state index in [9.17, 15) is 14.4 Å². The molecule has 6 heteroatoms. The number of methoxy groups -OCH3 is 1. The highest BCUT2D eigenvalue weighted by atomic mass is 16.5. The number of hydrogen-bond acceptors (Lipinski definition) is 4. The fraction of sp³-hybridized carbons (Fsp3) is 0.476. The first-order chi connectivity index (χ1) is 13.0. The average molecular weight is 370 g/mol. The van der Waals surface area contributed by atoms with E-state index in [-0.39, 0.29) is 23.8 Å². The molecule has 0 radical (unpaired) electrons. The molecule has 1 aliphatic carbocycles. The summed E-state index contributed by atoms with van der Waals surface area (Å²) in [5.74, 6) is -0.320. The van der Waals surface area contributed by atoms with Crippen LogP contribution in [-0.4, -0.2) is 41.9 Å². The van der Waals surface area contributed by atoms with Crippen LogP contribution in [0.15, 0.2) is 36.9 Å². The molecule has 144 valence electrons. The highest BCUT2D eigenvalue weighted by molar-refractivity contribution is 5.97. The van der Waals surface area contributed by atoms with E-state index in [0.29, 0.717) is 24.4 Å². The van der Waals surface area contributed by atoms with Gasteiger partial charge in [-0.15, -0.1) is 0 Å². The summed E-state index contributed by atoms with van der Waals surface area (Å²) in [6, 6.07) is 6.75. The second-order valence-electron chi connectivity index (χ2n) is 7.22. The molecule has 0 bridgehead atoms. The zero-order chi connectivity index (χ0) is 19.4. The van der Waals surface area contributed by atoms with E-state index in [2.05, 4.69) is 11.9 Å². The van der Waals surface area contributed by atoms with Crippen molar-refractivity contribution in [3.8, 4) is 0 Å². The highest BCUT2D eigenvalue weighted by Gasteiger charge is 2.48. The van der Waals surface area contributed by atoms with Crippen molar-refractivity contribution in [3.05, 3.63) is 48.0 Å². The van der Waals surface area contributed by atoms with Crippen LogP contribution in [0.4, 0.5) is 0 Å². The van der Waals surface area contributed by atoms with E-state index in [0.717, 1.165) is 31.2 Å². The second kappa shape index (κ2) is 8.37. The first kappa shape index (κ1) is 19.1. The lowest BCUT2D eigenvalue weighted by atomic mass is 9.84. The highest BCUT2D eigenvalue weighted by Crippen LogP contribution is 2.40. The minimum absolute atomic E-state index is 0.113. The van der Waals surface area contributed by atoms with Crippen molar-refractivity contribution in [2.75, 3.05) is 7.11 Å². The van der Waals surface area contributed by atoms with Gasteiger partial charge in [0.15, 0.2) is 0 Å². The van der Waals surface area contributed by atoms with Crippen molar-refractivity contribution in [1.82, 2.24) is 10.2 Å². The van der Waals surface area contributed by atoms with Crippen molar-refractivity contribution in [1.29, 1.82) is 0 Å². The molecule has 2 fully saturated rings. The number of amides is 2. The van der Waals surface area contributed by atoms with Crippen LogP contribution in [0, 0.1) is 5.92 Å². The molecule has 6 nitrogen and oxygen atoms in total. The number of carbonyl (C=O) groups excluding carboxylic acids is 3. The van der Waals surface area contributed by atoms with Crippen molar-refractivity contribution in [2.45, 2.75) is 50.7 Å². The van der Waals surface area contributed by atoms with Crippen LogP contribution in [-0.2, 0) is 20.9 Å². The molecule has 1 saturated carbocycles. The predicted molar refractivity (Wildman–Crippen MR) is 101 cm³/mol. The third-order valence-electron chi connectivity index (χ3n) is 5.65. The molecule has 0 spiro atoms. The molecule has 1 aromatic rings. The number of hydrogen-bond donors (Lipinski definition) is 1. The SMILES string of the molecule is C=CC(=O)NCc1ccc(C(=O)N2[C@H](C(=O)OC)C[C@@H]3CCCC[C@@H]32)cc1. The largest absolute Gasteiger partial charge is 0.467 e. The van der Waals surface area contributed by atoms with Gasteiger partial charge in [0.1, 0.15) is 6.04 Å². The number of benzene rings is 1. The third-order valence-corrected chi connectivity index (χ3v) is 5.65. The van der Waals surface area contributed by atoms with E-state index in [1.165, 1.54) is 13.2 Å². The summed E-state index contributed by atoms with van der Waals surface area (Å²) in [6.07, 6.45) is 6.15. The van der Waals surface area contributed by atoms with Gasteiger partial charge in [0.2, 0.25) is 5.91 Å². The molecule has 0 unspecified atom stereocenters. The van der Waals surface area contributed by atoms with Gasteiger partial charge in [0, 0.05) is 18.2 Å². The van der Waals surface area contributed by atoms with Crippen molar-refractivity contribution in [3.63, 3.8) is 0 Å². The molecule has 2 aliphatic rings. The molecule has 27 heavy (non-hydrogen) atoms. The minimum Gasteiger partial charge on any atom is -0.467 e. The number of nitrogens with zero attached hydrogens (tertiary/aromatic N) is 1. The van der Waals surface area contributed by atoms with Gasteiger partial charge in [-0.25, -0.2) is 4.79 Å². The maximum atomic E-state index is 13.2. The maximum Gasteiger partial charge on any atom is 0.328 e. The van der Waals surface area contributed by atoms with Crippen LogP contribution in [0.2, 0.25) is 0 Å². The molecule has 3 atom stereocenters. The number of ether oxygens (including phenoxy) is 1. The van der Waals surface area contributed by atoms with Gasteiger partial charge >= 0.3 is 5.97 Å². The number of fused-ring (bicyclic) bond motifs is 1. The van der Waals surface area contributed by atoms with E-state index in [4.69, 9.17) is 4.74 Å². The van der Waals surface area contributed by atoms with Crippen LogP contribution in [0.3, 0.4) is 0 Å². The summed E-state index contributed by atoms with van der Waals surface area (Å²) in [6.45, 7) is 3.79. The first-order valence-corrected chi connectivity index (χ1v) is 9.45. The topological polar surface area (TPSA) is 75.7 Å². The molecule has 3 rings (SSSR count). The molecule has 1 heterocycles. The smallest absolute Gasteiger partial charge is 0.328 e. The third kappa shape index (κ3) is 4.04. The van der Waals surface area contributed by atoms with Crippen molar-refractivity contribution < 1.29 is 19.1 Å². The first-order valence-electron chi connectivity index (χ1n) is 9.45. The van der Waals surface area contributed by atoms with E-state index in [1.807, 2.05) is 12.1 Å². The molecule has 1 N–H and O–H groups in total. The summed E-state index contributed by atoms with van der Waals surface area (Å²) >= 11 is 0. The minimum atomic E-state index is -0.498. The lowest BCUT2D eigenvalue weighted by Crippen LogP contribution is -2.46. The summed E-state index contributed by atoms with van der Waals surface area (Å²) in [7, 11) is 1.37. The van der Waals surface area contributed by atoms with Gasteiger partial charge in [-0.2, -0.15) is 0 Å². The Morgan fingerprint density at radius 2 is 1.93 bits per heavy atom. The van der Waals surface area contributed by atoms with Gasteiger partial charge in [-0.3, -0.25) is 9.59 Å². The van der Waals surface area contributed by atoms with E-state index in [1.54, 1.807) is 17.0 Å². The van der Waals surface area contributed by atoms with Crippen molar-refractivity contribution in [2.24, 2.45) is 5.92 Å². The fourth-order valence-electron chi connectivity index (χ4n) is 4.27. The zero-order valence-electron chi connectivity index (χ0n) is 15.6. The van der Waals surface area contributed by atoms with Gasteiger partial charge in [0.05, 0.1) is 7.11 Å². The summed E-state index contributed by atoms with van der Waals surface area (Å²) in [4.78, 5) is 38.5. The Morgan fingerprint density at radius 3 is 2.59 bits per heavy atom. The molecular weight excluding hydrogens is 344 g/mol.